The minimum absolute atomic E-state index is 0.118. The fraction of sp³-hybridized carbons (Fsp3) is 0. The molecule has 0 saturated heterocycles. The number of rotatable bonds is 0. The molecule has 4 heavy (non-hydrogen) atoms. The SMILES string of the molecule is [O]=[Ge]([O-])[GeH3]. The van der Waals surface area contributed by atoms with Gasteiger partial charge in [-0.1, -0.05) is 0 Å². The molecule has 24 valence electrons. The molecule has 0 heterocycles. The van der Waals surface area contributed by atoms with E-state index in [1.807, 2.05) is 0 Å². The molecular weight excluding hydrogens is 177 g/mol. The van der Waals surface area contributed by atoms with E-state index in [1.165, 1.54) is 0 Å². The molecule has 4 heteroatoms. The van der Waals surface area contributed by atoms with Crippen molar-refractivity contribution < 1.29 is 7.91 Å². The number of hydrogen-bond acceptors (Lipinski definition) is 2. The third-order valence-electron chi connectivity index (χ3n) is 0. The second-order valence-electron chi connectivity index (χ2n) is 0.492. The maximum absolute atomic E-state index is 9.22. The van der Waals surface area contributed by atoms with Gasteiger partial charge in [0.2, 0.25) is 0 Å². The van der Waals surface area contributed by atoms with E-state index < -0.39 is 12.7 Å². The molecule has 0 spiro atoms. The Morgan fingerprint density at radius 2 is 2.00 bits per heavy atom. The molecule has 0 atom stereocenters. The van der Waals surface area contributed by atoms with Crippen LogP contribution in [0.3, 0.4) is 0 Å². The van der Waals surface area contributed by atoms with Crippen LogP contribution in [-0.4, -0.2) is 27.2 Å². The van der Waals surface area contributed by atoms with E-state index >= 15 is 0 Å². The molecule has 0 aliphatic rings. The monoisotopic (exact) mass is 183 g/mol. The zero-order chi connectivity index (χ0) is 3.58. The van der Waals surface area contributed by atoms with Crippen molar-refractivity contribution in [1.29, 1.82) is 0 Å². The van der Waals surface area contributed by atoms with Gasteiger partial charge in [-0.25, -0.2) is 0 Å². The average Bonchev–Trinajstić information content (AvgIpc) is 0.811. The zero-order valence-electron chi connectivity index (χ0n) is 2.32. The maximum atomic E-state index is 9.22. The fourth-order valence-electron chi connectivity index (χ4n) is 0. The van der Waals surface area contributed by atoms with Crippen LogP contribution in [0.15, 0.2) is 0 Å². The van der Waals surface area contributed by atoms with Crippen LogP contribution in [-0.2, 0) is 3.78 Å². The topological polar surface area (TPSA) is 40.1 Å². The third-order valence-corrected chi connectivity index (χ3v) is 0. The molecule has 0 fully saturated rings. The Balaban J connectivity index is 2.80. The van der Waals surface area contributed by atoms with Crippen LogP contribution in [0, 0.1) is 0 Å². The first-order valence-electron chi connectivity index (χ1n) is 0.908. The average molecular weight is 180 g/mol. The molecule has 0 aromatic heterocycles. The first-order valence-corrected chi connectivity index (χ1v) is 15.6. The van der Waals surface area contributed by atoms with E-state index in [0.29, 0.717) is 0 Å². The van der Waals surface area contributed by atoms with Crippen LogP contribution in [0.5, 0.6) is 0 Å². The third kappa shape index (κ3) is 16.2. The van der Waals surface area contributed by atoms with E-state index in [4.69, 9.17) is 0 Å². The van der Waals surface area contributed by atoms with Crippen molar-refractivity contribution in [2.24, 2.45) is 0 Å². The van der Waals surface area contributed by atoms with Crippen LogP contribution in [0.4, 0.5) is 0 Å². The van der Waals surface area contributed by atoms with E-state index in [2.05, 4.69) is 0 Å². The molecule has 0 N–H and O–H groups in total. The summed E-state index contributed by atoms with van der Waals surface area (Å²) in [6.07, 6.45) is 0. The van der Waals surface area contributed by atoms with Crippen molar-refractivity contribution in [3.63, 3.8) is 0 Å². The van der Waals surface area contributed by atoms with E-state index in [1.54, 1.807) is 0 Å². The second kappa shape index (κ2) is 1.96. The van der Waals surface area contributed by atoms with Crippen LogP contribution in [0.1, 0.15) is 0 Å². The Kier molecular flexibility index (Phi) is 2.29. The Bertz CT molecular complexity index is 27.0. The van der Waals surface area contributed by atoms with Gasteiger partial charge in [0.05, 0.1) is 0 Å². The Morgan fingerprint density at radius 1 is 2.00 bits per heavy atom. The van der Waals surface area contributed by atoms with Crippen molar-refractivity contribution >= 4 is 27.2 Å². The molecule has 0 saturated carbocycles. The summed E-state index contributed by atoms with van der Waals surface area (Å²) in [4.78, 5) is 0. The molecule has 0 amide bonds. The van der Waals surface area contributed by atoms with E-state index in [-0.39, 0.29) is 14.5 Å². The molecule has 0 rings (SSSR count). The standard InChI is InChI=1S/Ge2H3O2/c1-2(3)4/h1H3/q-1. The van der Waals surface area contributed by atoms with Crippen molar-refractivity contribution in [1.82, 2.24) is 0 Å². The molecule has 0 aromatic rings. The minimum atomic E-state index is -2.65. The van der Waals surface area contributed by atoms with Gasteiger partial charge < -0.3 is 0 Å². The Hall–Kier alpha value is 0.686. The Morgan fingerprint density at radius 3 is 2.00 bits per heavy atom. The van der Waals surface area contributed by atoms with Crippen LogP contribution in [0.2, 0.25) is 0 Å². The first-order chi connectivity index (χ1) is 1.73. The van der Waals surface area contributed by atoms with Crippen LogP contribution >= 0.6 is 0 Å². The van der Waals surface area contributed by atoms with Gasteiger partial charge in [-0.2, -0.15) is 0 Å². The van der Waals surface area contributed by atoms with Crippen molar-refractivity contribution in [3.8, 4) is 0 Å². The zero-order valence-corrected chi connectivity index (χ0v) is 8.61. The van der Waals surface area contributed by atoms with E-state index in [9.17, 15) is 7.91 Å². The summed E-state index contributed by atoms with van der Waals surface area (Å²) >= 11 is -2.53. The van der Waals surface area contributed by atoms with Gasteiger partial charge in [-0.05, 0) is 0 Å². The molecule has 0 aliphatic heterocycles. The molecule has 0 aromatic carbocycles. The predicted molar refractivity (Wildman–Crippen MR) is 16.4 cm³/mol. The Labute approximate surface area is 35.5 Å². The first kappa shape index (κ1) is 4.69. The normalized spacial score (nSPS) is 7.00. The summed E-state index contributed by atoms with van der Waals surface area (Å²) in [5.74, 6) is 0. The summed E-state index contributed by atoms with van der Waals surface area (Å²) < 4.78 is 18.4. The second-order valence-corrected chi connectivity index (χ2v) is 11.5. The molecule has 2 nitrogen and oxygen atoms in total. The summed E-state index contributed by atoms with van der Waals surface area (Å²) in [5.41, 5.74) is 0. The summed E-state index contributed by atoms with van der Waals surface area (Å²) in [5, 5.41) is 0. The number of hydrogen-bond donors (Lipinski definition) is 0. The van der Waals surface area contributed by atoms with Gasteiger partial charge >= 0.3 is 35.1 Å². The van der Waals surface area contributed by atoms with Crippen molar-refractivity contribution in [2.45, 2.75) is 0 Å². The van der Waals surface area contributed by atoms with Gasteiger partial charge in [-0.3, -0.25) is 0 Å². The summed E-state index contributed by atoms with van der Waals surface area (Å²) in [6, 6.07) is 0. The van der Waals surface area contributed by atoms with Crippen LogP contribution < -0.4 is 4.13 Å². The molecule has 0 unspecified atom stereocenters. The van der Waals surface area contributed by atoms with Gasteiger partial charge in [0, 0.05) is 0 Å². The predicted octanol–water partition coefficient (Wildman–Crippen LogP) is -2.87. The van der Waals surface area contributed by atoms with Gasteiger partial charge in [0.15, 0.2) is 0 Å². The van der Waals surface area contributed by atoms with Crippen molar-refractivity contribution in [3.05, 3.63) is 0 Å². The fourth-order valence-corrected chi connectivity index (χ4v) is 0. The van der Waals surface area contributed by atoms with Gasteiger partial charge in [-0.15, -0.1) is 0 Å². The summed E-state index contributed by atoms with van der Waals surface area (Å²) in [6.45, 7) is 0. The molecular formula is H3Ge2O2-. The molecule has 0 bridgehead atoms. The van der Waals surface area contributed by atoms with Crippen molar-refractivity contribution in [2.75, 3.05) is 0 Å². The molecule has 0 radical (unpaired) electrons. The van der Waals surface area contributed by atoms with Crippen LogP contribution in [0.25, 0.3) is 0 Å². The molecule has 0 aliphatic carbocycles. The van der Waals surface area contributed by atoms with E-state index in [0.717, 1.165) is 0 Å². The quantitative estimate of drug-likeness (QED) is 0.376. The van der Waals surface area contributed by atoms with Gasteiger partial charge in [0.1, 0.15) is 0 Å². The summed E-state index contributed by atoms with van der Waals surface area (Å²) in [7, 11) is 0. The van der Waals surface area contributed by atoms with Gasteiger partial charge in [0.25, 0.3) is 0 Å².